The maximum atomic E-state index is 13.0. The molecule has 30 heavy (non-hydrogen) atoms. The van der Waals surface area contributed by atoms with Crippen LogP contribution in [0.1, 0.15) is 27.2 Å². The first kappa shape index (κ1) is 19.7. The third kappa shape index (κ3) is 3.32. The molecule has 2 aromatic carbocycles. The van der Waals surface area contributed by atoms with Crippen LogP contribution in [-0.2, 0) is 12.7 Å². The minimum atomic E-state index is -4.44. The fourth-order valence-corrected chi connectivity index (χ4v) is 3.59. The maximum absolute atomic E-state index is 13.0. The summed E-state index contributed by atoms with van der Waals surface area (Å²) >= 11 is 0. The highest BCUT2D eigenvalue weighted by Gasteiger charge is 2.30. The molecule has 0 aliphatic heterocycles. The van der Waals surface area contributed by atoms with Crippen molar-refractivity contribution in [1.82, 2.24) is 14.2 Å². The minimum absolute atomic E-state index is 0.297. The Morgan fingerprint density at radius 3 is 2.57 bits per heavy atom. The topological polar surface area (TPSA) is 39.3 Å². The van der Waals surface area contributed by atoms with Crippen molar-refractivity contribution in [3.63, 3.8) is 0 Å². The van der Waals surface area contributed by atoms with Crippen molar-refractivity contribution in [2.45, 2.75) is 19.6 Å². The van der Waals surface area contributed by atoms with Crippen LogP contribution in [0.5, 0.6) is 0 Å². The molecular weight excluding hydrogens is 391 g/mol. The predicted octanol–water partition coefficient (Wildman–Crippen LogP) is 5.70. The average Bonchev–Trinajstić information content (AvgIpc) is 3.20. The number of allylic oxidation sites excluding steroid dienone is 2. The van der Waals surface area contributed by atoms with Gasteiger partial charge in [0.2, 0.25) is 0 Å². The van der Waals surface area contributed by atoms with Gasteiger partial charge in [-0.1, -0.05) is 36.4 Å². The van der Waals surface area contributed by atoms with Gasteiger partial charge in [-0.05, 0) is 42.8 Å². The second-order valence-corrected chi connectivity index (χ2v) is 6.90. The number of aryl methyl sites for hydroxylation is 1. The quantitative estimate of drug-likeness (QED) is 0.241. The number of fused-ring (bicyclic) bond motifs is 3. The van der Waals surface area contributed by atoms with Crippen molar-refractivity contribution in [2.75, 3.05) is 0 Å². The van der Waals surface area contributed by atoms with Crippen LogP contribution in [0, 0.1) is 6.92 Å². The van der Waals surface area contributed by atoms with Crippen molar-refractivity contribution in [3.8, 4) is 0 Å². The molecular formula is C23H18F3N3O. The van der Waals surface area contributed by atoms with Crippen molar-refractivity contribution in [3.05, 3.63) is 89.6 Å². The third-order valence-corrected chi connectivity index (χ3v) is 4.89. The lowest BCUT2D eigenvalue weighted by Gasteiger charge is -2.06. The number of nitrogens with zero attached hydrogens (tertiary/aromatic N) is 3. The first-order valence-corrected chi connectivity index (χ1v) is 9.28. The van der Waals surface area contributed by atoms with Crippen molar-refractivity contribution >= 4 is 28.5 Å². The molecule has 2 aromatic heterocycles. The van der Waals surface area contributed by atoms with E-state index < -0.39 is 11.7 Å². The van der Waals surface area contributed by atoms with Crippen LogP contribution in [-0.4, -0.2) is 20.0 Å². The fourth-order valence-electron chi connectivity index (χ4n) is 3.59. The summed E-state index contributed by atoms with van der Waals surface area (Å²) in [6.45, 7) is 6.02. The standard InChI is InChI=1S/C23H18F3N3O/c1-3-13-28-18-9-4-5-10-19(18)29-22(28)21(15(2)27-29)20(30)12-11-16-7-6-8-17(14-16)23(24,25)26/h3-12,14H,1,13H2,2H3/b12-11+. The lowest BCUT2D eigenvalue weighted by atomic mass is 10.1. The van der Waals surface area contributed by atoms with Crippen LogP contribution in [0.15, 0.2) is 67.3 Å². The molecule has 0 amide bonds. The molecule has 0 N–H and O–H groups in total. The zero-order valence-corrected chi connectivity index (χ0v) is 16.1. The van der Waals surface area contributed by atoms with Gasteiger partial charge in [-0.15, -0.1) is 6.58 Å². The highest BCUT2D eigenvalue weighted by atomic mass is 19.4. The number of imidazole rings is 1. The zero-order chi connectivity index (χ0) is 21.5. The van der Waals surface area contributed by atoms with Crippen LogP contribution < -0.4 is 0 Å². The third-order valence-electron chi connectivity index (χ3n) is 4.89. The summed E-state index contributed by atoms with van der Waals surface area (Å²) in [6.07, 6.45) is -0.0214. The number of carbonyl (C=O) groups excluding carboxylic acids is 1. The molecule has 4 aromatic rings. The molecule has 0 spiro atoms. The molecule has 152 valence electrons. The van der Waals surface area contributed by atoms with E-state index >= 15 is 0 Å². The Hall–Kier alpha value is -3.61. The van der Waals surface area contributed by atoms with Gasteiger partial charge in [-0.3, -0.25) is 4.79 Å². The van der Waals surface area contributed by atoms with Crippen LogP contribution in [0.4, 0.5) is 13.2 Å². The molecule has 4 rings (SSSR count). The van der Waals surface area contributed by atoms with E-state index in [0.717, 1.165) is 23.2 Å². The van der Waals surface area contributed by atoms with E-state index in [9.17, 15) is 18.0 Å². The average molecular weight is 409 g/mol. The van der Waals surface area contributed by atoms with Crippen molar-refractivity contribution < 1.29 is 18.0 Å². The molecule has 0 radical (unpaired) electrons. The first-order chi connectivity index (χ1) is 14.3. The van der Waals surface area contributed by atoms with E-state index in [1.54, 1.807) is 17.5 Å². The molecule has 7 heteroatoms. The van der Waals surface area contributed by atoms with Gasteiger partial charge >= 0.3 is 6.18 Å². The van der Waals surface area contributed by atoms with E-state index in [4.69, 9.17) is 0 Å². The van der Waals surface area contributed by atoms with Gasteiger partial charge in [-0.25, -0.2) is 4.52 Å². The highest BCUT2D eigenvalue weighted by molar-refractivity contribution is 6.12. The number of rotatable bonds is 5. The van der Waals surface area contributed by atoms with Gasteiger partial charge < -0.3 is 4.57 Å². The Kier molecular flexibility index (Phi) is 4.81. The van der Waals surface area contributed by atoms with E-state index in [-0.39, 0.29) is 5.78 Å². The van der Waals surface area contributed by atoms with E-state index in [2.05, 4.69) is 11.7 Å². The van der Waals surface area contributed by atoms with E-state index in [1.807, 2.05) is 28.8 Å². The summed E-state index contributed by atoms with van der Waals surface area (Å²) in [7, 11) is 0. The van der Waals surface area contributed by atoms with Crippen LogP contribution in [0.25, 0.3) is 22.8 Å². The summed E-state index contributed by atoms with van der Waals surface area (Å²) in [5.74, 6) is -0.326. The number of para-hydroxylation sites is 2. The Labute approximate surface area is 170 Å². The van der Waals surface area contributed by atoms with Crippen molar-refractivity contribution in [1.29, 1.82) is 0 Å². The van der Waals surface area contributed by atoms with Gasteiger partial charge in [0.1, 0.15) is 5.65 Å². The number of carbonyl (C=O) groups is 1. The summed E-state index contributed by atoms with van der Waals surface area (Å²) in [5, 5.41) is 4.52. The van der Waals surface area contributed by atoms with E-state index in [0.29, 0.717) is 29.0 Å². The fraction of sp³-hybridized carbons (Fsp3) is 0.130. The number of halogens is 3. The number of hydrogen-bond donors (Lipinski definition) is 0. The Bertz CT molecular complexity index is 1310. The second-order valence-electron chi connectivity index (χ2n) is 6.90. The summed E-state index contributed by atoms with van der Waals surface area (Å²) in [5.41, 5.74) is 2.91. The molecule has 0 atom stereocenters. The molecule has 0 fully saturated rings. The Morgan fingerprint density at radius 1 is 1.13 bits per heavy atom. The van der Waals surface area contributed by atoms with Crippen LogP contribution in [0.3, 0.4) is 0 Å². The number of hydrogen-bond acceptors (Lipinski definition) is 2. The van der Waals surface area contributed by atoms with Gasteiger partial charge in [0.25, 0.3) is 0 Å². The lowest BCUT2D eigenvalue weighted by Crippen LogP contribution is -2.04. The van der Waals surface area contributed by atoms with Crippen LogP contribution >= 0.6 is 0 Å². The zero-order valence-electron chi connectivity index (χ0n) is 16.1. The lowest BCUT2D eigenvalue weighted by molar-refractivity contribution is -0.137. The summed E-state index contributed by atoms with van der Waals surface area (Å²) < 4.78 is 42.4. The Morgan fingerprint density at radius 2 is 1.87 bits per heavy atom. The Balaban J connectivity index is 1.80. The maximum Gasteiger partial charge on any atom is 0.416 e. The number of benzene rings is 2. The van der Waals surface area contributed by atoms with Gasteiger partial charge in [0.15, 0.2) is 5.78 Å². The molecule has 0 saturated heterocycles. The molecule has 2 heterocycles. The molecule has 0 bridgehead atoms. The largest absolute Gasteiger partial charge is 0.416 e. The van der Waals surface area contributed by atoms with Gasteiger partial charge in [0, 0.05) is 6.54 Å². The second kappa shape index (κ2) is 7.33. The highest BCUT2D eigenvalue weighted by Crippen LogP contribution is 2.30. The normalized spacial score (nSPS) is 12.3. The smallest absolute Gasteiger partial charge is 0.320 e. The van der Waals surface area contributed by atoms with Crippen molar-refractivity contribution in [2.24, 2.45) is 0 Å². The van der Waals surface area contributed by atoms with Gasteiger partial charge in [0.05, 0.1) is 27.9 Å². The predicted molar refractivity (Wildman–Crippen MR) is 110 cm³/mol. The molecule has 0 aliphatic carbocycles. The first-order valence-electron chi connectivity index (χ1n) is 9.28. The summed E-state index contributed by atoms with van der Waals surface area (Å²) in [4.78, 5) is 13.0. The SMILES string of the molecule is C=CCn1c2ccccc2n2nc(C)c(C(=O)/C=C/c3cccc(C(F)(F)F)c3)c12. The van der Waals surface area contributed by atoms with Crippen LogP contribution in [0.2, 0.25) is 0 Å². The van der Waals surface area contributed by atoms with Gasteiger partial charge in [-0.2, -0.15) is 18.3 Å². The summed E-state index contributed by atoms with van der Waals surface area (Å²) in [6, 6.07) is 12.5. The number of alkyl halides is 3. The molecule has 0 aliphatic rings. The number of ketones is 1. The van der Waals surface area contributed by atoms with E-state index in [1.165, 1.54) is 24.3 Å². The molecule has 4 nitrogen and oxygen atoms in total. The molecule has 0 saturated carbocycles. The molecule has 0 unspecified atom stereocenters. The minimum Gasteiger partial charge on any atom is -0.320 e. The number of aromatic nitrogens is 3. The monoisotopic (exact) mass is 409 g/mol.